The zero-order chi connectivity index (χ0) is 26.4. The number of aromatic amines is 1. The van der Waals surface area contributed by atoms with Gasteiger partial charge in [0.2, 0.25) is 0 Å². The lowest BCUT2D eigenvalue weighted by atomic mass is 9.94. The summed E-state index contributed by atoms with van der Waals surface area (Å²) in [5.41, 5.74) is 3.41. The van der Waals surface area contributed by atoms with Crippen LogP contribution in [0.4, 0.5) is 4.39 Å². The topological polar surface area (TPSA) is 86.3 Å². The minimum atomic E-state index is -1.42. The van der Waals surface area contributed by atoms with Gasteiger partial charge < -0.3 is 15.0 Å². The van der Waals surface area contributed by atoms with Gasteiger partial charge in [0.05, 0.1) is 28.2 Å². The van der Waals surface area contributed by atoms with Crippen molar-refractivity contribution in [3.05, 3.63) is 122 Å². The van der Waals surface area contributed by atoms with Gasteiger partial charge in [-0.05, 0) is 53.3 Å². The average molecular weight is 530 g/mol. The summed E-state index contributed by atoms with van der Waals surface area (Å²) in [6, 6.07) is 21.3. The second-order valence-corrected chi connectivity index (χ2v) is 10.4. The lowest BCUT2D eigenvalue weighted by Crippen LogP contribution is -2.42. The zero-order valence-electron chi connectivity index (χ0n) is 20.5. The first-order valence-corrected chi connectivity index (χ1v) is 12.9. The van der Waals surface area contributed by atoms with E-state index in [2.05, 4.69) is 17.1 Å². The number of hydrogen-bond donors (Lipinski definition) is 2. The number of nitrogens with zero attached hydrogens (tertiary/aromatic N) is 2. The Labute approximate surface area is 223 Å². The molecule has 2 N–H and O–H groups in total. The Morgan fingerprint density at radius 3 is 2.55 bits per heavy atom. The number of aliphatic hydroxyl groups excluding tert-OH is 1. The Kier molecular flexibility index (Phi) is 6.13. The Balaban J connectivity index is 1.22. The molecule has 1 aliphatic heterocycles. The van der Waals surface area contributed by atoms with Gasteiger partial charge in [-0.1, -0.05) is 66.2 Å². The van der Waals surface area contributed by atoms with Crippen molar-refractivity contribution in [1.82, 2.24) is 14.9 Å². The minimum absolute atomic E-state index is 0.0226. The molecule has 1 unspecified atom stereocenters. The summed E-state index contributed by atoms with van der Waals surface area (Å²) in [7, 11) is 0. The molecule has 192 valence electrons. The van der Waals surface area contributed by atoms with E-state index >= 15 is 0 Å². The SMILES string of the molecule is O=C(C(O)c1cccc(-c2ccc(Cl)c(F)c2)c1)N1CCc2nc(C3(c4ccccc4)CC3)[nH]c(=O)c2C1. The van der Waals surface area contributed by atoms with Crippen LogP contribution in [0.15, 0.2) is 77.6 Å². The van der Waals surface area contributed by atoms with Crippen molar-refractivity contribution < 1.29 is 14.3 Å². The molecule has 6 nitrogen and oxygen atoms in total. The summed E-state index contributed by atoms with van der Waals surface area (Å²) in [6.45, 7) is 0.424. The summed E-state index contributed by atoms with van der Waals surface area (Å²) < 4.78 is 14.0. The van der Waals surface area contributed by atoms with E-state index in [1.807, 2.05) is 18.2 Å². The summed E-state index contributed by atoms with van der Waals surface area (Å²) >= 11 is 5.79. The molecule has 6 rings (SSSR count). The van der Waals surface area contributed by atoms with Crippen molar-refractivity contribution in [3.63, 3.8) is 0 Å². The molecule has 4 aromatic rings. The number of halogens is 2. The van der Waals surface area contributed by atoms with E-state index < -0.39 is 17.8 Å². The van der Waals surface area contributed by atoms with Gasteiger partial charge in [-0.3, -0.25) is 9.59 Å². The van der Waals surface area contributed by atoms with Crippen LogP contribution in [-0.4, -0.2) is 32.4 Å². The van der Waals surface area contributed by atoms with Gasteiger partial charge in [-0.25, -0.2) is 9.37 Å². The number of nitrogens with one attached hydrogen (secondary N) is 1. The minimum Gasteiger partial charge on any atom is -0.378 e. The zero-order valence-corrected chi connectivity index (χ0v) is 21.2. The lowest BCUT2D eigenvalue weighted by molar-refractivity contribution is -0.141. The van der Waals surface area contributed by atoms with Crippen molar-refractivity contribution in [2.24, 2.45) is 0 Å². The highest BCUT2D eigenvalue weighted by molar-refractivity contribution is 6.30. The molecule has 0 bridgehead atoms. The first-order valence-electron chi connectivity index (χ1n) is 12.6. The van der Waals surface area contributed by atoms with E-state index in [1.165, 1.54) is 17.0 Å². The highest BCUT2D eigenvalue weighted by Gasteiger charge is 2.48. The molecular formula is C30H25ClFN3O3. The number of rotatable bonds is 5. The summed E-state index contributed by atoms with van der Waals surface area (Å²) in [5.74, 6) is -0.360. The molecule has 0 saturated heterocycles. The Morgan fingerprint density at radius 2 is 1.82 bits per heavy atom. The number of H-pyrrole nitrogens is 1. The van der Waals surface area contributed by atoms with Crippen LogP contribution in [0, 0.1) is 5.82 Å². The molecule has 38 heavy (non-hydrogen) atoms. The summed E-state index contributed by atoms with van der Waals surface area (Å²) in [6.07, 6.45) is 0.863. The van der Waals surface area contributed by atoms with Gasteiger partial charge in [0, 0.05) is 13.0 Å². The molecule has 2 aliphatic rings. The average Bonchev–Trinajstić information content (AvgIpc) is 3.76. The number of hydrogen-bond acceptors (Lipinski definition) is 4. The second kappa shape index (κ2) is 9.49. The number of carbonyl (C=O) groups is 1. The standard InChI is InChI=1S/C30H25ClFN3O3/c31-23-10-9-19(16-24(23)32)18-5-4-6-20(15-18)26(36)28(38)35-14-11-25-22(17-35)27(37)34-29(33-25)30(12-13-30)21-7-2-1-3-8-21/h1-10,15-16,26,36H,11-14,17H2,(H,33,34,37). The molecule has 1 amide bonds. The monoisotopic (exact) mass is 529 g/mol. The Hall–Kier alpha value is -3.81. The van der Waals surface area contributed by atoms with Crippen LogP contribution in [0.1, 0.15) is 47.2 Å². The molecule has 2 heterocycles. The Morgan fingerprint density at radius 1 is 1.05 bits per heavy atom. The van der Waals surface area contributed by atoms with Crippen molar-refractivity contribution >= 4 is 17.5 Å². The molecule has 0 spiro atoms. The maximum atomic E-state index is 14.0. The van der Waals surface area contributed by atoms with Crippen LogP contribution in [0.2, 0.25) is 5.02 Å². The molecule has 3 aromatic carbocycles. The molecule has 8 heteroatoms. The predicted molar refractivity (Wildman–Crippen MR) is 142 cm³/mol. The number of amides is 1. The van der Waals surface area contributed by atoms with Crippen LogP contribution < -0.4 is 5.56 Å². The fourth-order valence-corrected chi connectivity index (χ4v) is 5.38. The number of aliphatic hydroxyl groups is 1. The van der Waals surface area contributed by atoms with Gasteiger partial charge in [0.15, 0.2) is 6.10 Å². The van der Waals surface area contributed by atoms with Gasteiger partial charge >= 0.3 is 0 Å². The number of benzene rings is 3. The van der Waals surface area contributed by atoms with Crippen LogP contribution in [0.5, 0.6) is 0 Å². The van der Waals surface area contributed by atoms with E-state index in [9.17, 15) is 19.1 Å². The first kappa shape index (κ1) is 24.5. The largest absolute Gasteiger partial charge is 0.378 e. The van der Waals surface area contributed by atoms with Crippen molar-refractivity contribution in [3.8, 4) is 11.1 Å². The maximum absolute atomic E-state index is 14.0. The Bertz CT molecular complexity index is 1600. The lowest BCUT2D eigenvalue weighted by Gasteiger charge is -2.30. The molecule has 1 fully saturated rings. The fraction of sp³-hybridized carbons (Fsp3) is 0.233. The number of carbonyl (C=O) groups excluding carboxylic acids is 1. The third kappa shape index (κ3) is 4.31. The molecule has 1 saturated carbocycles. The van der Waals surface area contributed by atoms with E-state index in [-0.39, 0.29) is 22.5 Å². The second-order valence-electron chi connectivity index (χ2n) is 9.95. The first-order chi connectivity index (χ1) is 18.4. The van der Waals surface area contributed by atoms with Crippen LogP contribution in [-0.2, 0) is 23.2 Å². The maximum Gasteiger partial charge on any atom is 0.256 e. The number of aromatic nitrogens is 2. The van der Waals surface area contributed by atoms with Crippen LogP contribution in [0.25, 0.3) is 11.1 Å². The van der Waals surface area contributed by atoms with Gasteiger partial charge in [0.1, 0.15) is 11.6 Å². The van der Waals surface area contributed by atoms with Gasteiger partial charge in [-0.2, -0.15) is 0 Å². The van der Waals surface area contributed by atoms with Crippen molar-refractivity contribution in [2.45, 2.75) is 37.3 Å². The van der Waals surface area contributed by atoms with E-state index in [1.54, 1.807) is 30.3 Å². The van der Waals surface area contributed by atoms with Crippen molar-refractivity contribution in [1.29, 1.82) is 0 Å². The fourth-order valence-electron chi connectivity index (χ4n) is 5.26. The van der Waals surface area contributed by atoms with E-state index in [0.29, 0.717) is 46.7 Å². The van der Waals surface area contributed by atoms with Crippen LogP contribution >= 0.6 is 11.6 Å². The smallest absolute Gasteiger partial charge is 0.256 e. The summed E-state index contributed by atoms with van der Waals surface area (Å²) in [4.78, 5) is 35.7. The van der Waals surface area contributed by atoms with Gasteiger partial charge in [-0.15, -0.1) is 0 Å². The van der Waals surface area contributed by atoms with Crippen molar-refractivity contribution in [2.75, 3.05) is 6.54 Å². The van der Waals surface area contributed by atoms with E-state index in [4.69, 9.17) is 16.6 Å². The molecule has 0 radical (unpaired) electrons. The highest BCUT2D eigenvalue weighted by Crippen LogP contribution is 2.52. The van der Waals surface area contributed by atoms with Crippen LogP contribution in [0.3, 0.4) is 0 Å². The highest BCUT2D eigenvalue weighted by atomic mass is 35.5. The van der Waals surface area contributed by atoms with E-state index in [0.717, 1.165) is 18.4 Å². The molecule has 1 atom stereocenters. The number of fused-ring (bicyclic) bond motifs is 1. The summed E-state index contributed by atoms with van der Waals surface area (Å²) in [5, 5.41) is 10.9. The third-order valence-electron chi connectivity index (χ3n) is 7.60. The normalized spacial score (nSPS) is 16.6. The van der Waals surface area contributed by atoms with Gasteiger partial charge in [0.25, 0.3) is 11.5 Å². The molecule has 1 aliphatic carbocycles. The molecule has 1 aromatic heterocycles. The predicted octanol–water partition coefficient (Wildman–Crippen LogP) is 4.93. The third-order valence-corrected chi connectivity index (χ3v) is 7.91. The molecular weight excluding hydrogens is 505 g/mol. The quantitative estimate of drug-likeness (QED) is 0.384.